The van der Waals surface area contributed by atoms with Crippen LogP contribution in [0.3, 0.4) is 0 Å². The number of allylic oxidation sites excluding steroid dienone is 3. The van der Waals surface area contributed by atoms with Crippen molar-refractivity contribution in [1.82, 2.24) is 4.90 Å². The molecule has 0 aromatic heterocycles. The van der Waals surface area contributed by atoms with Crippen molar-refractivity contribution >= 4 is 0 Å². The highest BCUT2D eigenvalue weighted by Crippen LogP contribution is 2.43. The summed E-state index contributed by atoms with van der Waals surface area (Å²) in [6.45, 7) is 12.8. The Bertz CT molecular complexity index is 343. The maximum Gasteiger partial charge on any atom is 0.0354 e. The van der Waals surface area contributed by atoms with Crippen LogP contribution in [-0.2, 0) is 0 Å². The van der Waals surface area contributed by atoms with Crippen LogP contribution in [0.25, 0.3) is 0 Å². The van der Waals surface area contributed by atoms with Crippen LogP contribution in [0.15, 0.2) is 23.4 Å². The van der Waals surface area contributed by atoms with E-state index in [-0.39, 0.29) is 0 Å². The number of hydrogen-bond donors (Lipinski definition) is 0. The van der Waals surface area contributed by atoms with Crippen LogP contribution in [0.1, 0.15) is 53.9 Å². The van der Waals surface area contributed by atoms with E-state index >= 15 is 0 Å². The number of nitrogens with zero attached hydrogens (tertiary/aromatic N) is 1. The fourth-order valence-electron chi connectivity index (χ4n) is 3.76. The largest absolute Gasteiger partial charge is 0.369 e. The fraction of sp³-hybridized carbons (Fsp3) is 0.765. The first kappa shape index (κ1) is 13.7. The maximum absolute atomic E-state index is 2.60. The maximum atomic E-state index is 2.60. The summed E-state index contributed by atoms with van der Waals surface area (Å²) in [5, 5.41) is 0. The van der Waals surface area contributed by atoms with Crippen molar-refractivity contribution in [3.63, 3.8) is 0 Å². The molecule has 0 radical (unpaired) electrons. The lowest BCUT2D eigenvalue weighted by molar-refractivity contribution is 0.146. The van der Waals surface area contributed by atoms with Crippen LogP contribution in [-0.4, -0.2) is 17.5 Å². The first-order chi connectivity index (χ1) is 8.54. The van der Waals surface area contributed by atoms with E-state index in [1.165, 1.54) is 31.5 Å². The quantitative estimate of drug-likeness (QED) is 0.688. The Morgan fingerprint density at radius 2 is 1.89 bits per heavy atom. The lowest BCUT2D eigenvalue weighted by atomic mass is 9.65. The van der Waals surface area contributed by atoms with E-state index in [1.807, 2.05) is 0 Å². The summed E-state index contributed by atoms with van der Waals surface area (Å²) in [5.41, 5.74) is 3.11. The highest BCUT2D eigenvalue weighted by molar-refractivity contribution is 5.33. The molecule has 3 atom stereocenters. The van der Waals surface area contributed by atoms with Crippen LogP contribution >= 0.6 is 0 Å². The minimum atomic E-state index is 0.621. The van der Waals surface area contributed by atoms with Gasteiger partial charge < -0.3 is 4.90 Å². The molecule has 2 rings (SSSR count). The highest BCUT2D eigenvalue weighted by atomic mass is 15.2. The molecular weight excluding hydrogens is 218 g/mol. The minimum absolute atomic E-state index is 0.621. The Kier molecular flexibility index (Phi) is 4.19. The lowest BCUT2D eigenvalue weighted by Crippen LogP contribution is -2.36. The molecule has 2 fully saturated rings. The third-order valence-corrected chi connectivity index (χ3v) is 4.83. The zero-order valence-electron chi connectivity index (χ0n) is 12.7. The van der Waals surface area contributed by atoms with Gasteiger partial charge >= 0.3 is 0 Å². The van der Waals surface area contributed by atoms with Crippen LogP contribution in [0.5, 0.6) is 0 Å². The van der Waals surface area contributed by atoms with E-state index in [2.05, 4.69) is 51.7 Å². The third kappa shape index (κ3) is 2.50. The van der Waals surface area contributed by atoms with Crippen LogP contribution in [0.2, 0.25) is 0 Å². The molecule has 0 aromatic rings. The van der Waals surface area contributed by atoms with Gasteiger partial charge in [-0.3, -0.25) is 0 Å². The Morgan fingerprint density at radius 1 is 1.22 bits per heavy atom. The van der Waals surface area contributed by atoms with Crippen molar-refractivity contribution in [2.75, 3.05) is 6.54 Å². The Balaban J connectivity index is 2.18. The Labute approximate surface area is 113 Å². The summed E-state index contributed by atoms with van der Waals surface area (Å²) < 4.78 is 0. The molecule has 1 heterocycles. The van der Waals surface area contributed by atoms with Gasteiger partial charge in [-0.1, -0.05) is 26.0 Å². The van der Waals surface area contributed by atoms with Gasteiger partial charge in [0.25, 0.3) is 0 Å². The Hall–Kier alpha value is -0.720. The van der Waals surface area contributed by atoms with Gasteiger partial charge in [-0.15, -0.1) is 0 Å². The van der Waals surface area contributed by atoms with Crippen molar-refractivity contribution in [1.29, 1.82) is 0 Å². The summed E-state index contributed by atoms with van der Waals surface area (Å²) >= 11 is 0. The van der Waals surface area contributed by atoms with E-state index in [0.717, 1.165) is 17.8 Å². The second-order valence-corrected chi connectivity index (χ2v) is 6.52. The highest BCUT2D eigenvalue weighted by Gasteiger charge is 2.34. The van der Waals surface area contributed by atoms with Gasteiger partial charge in [-0.25, -0.2) is 0 Å². The van der Waals surface area contributed by atoms with E-state index in [0.29, 0.717) is 6.04 Å². The number of rotatable bonds is 2. The molecule has 0 spiro atoms. The normalized spacial score (nSPS) is 37.4. The van der Waals surface area contributed by atoms with Crippen molar-refractivity contribution in [2.24, 2.45) is 17.8 Å². The average Bonchev–Trinajstić information content (AvgIpc) is 2.35. The molecule has 2 aliphatic rings. The second-order valence-electron chi connectivity index (χ2n) is 6.52. The summed E-state index contributed by atoms with van der Waals surface area (Å²) in [7, 11) is 0. The van der Waals surface area contributed by atoms with Gasteiger partial charge in [-0.05, 0) is 63.4 Å². The SMILES string of the molecule is CC=C1/C(=C\C2C(C)C[C@H]2C)CCCN1C(C)C. The average molecular weight is 247 g/mol. The number of piperidine rings is 1. The van der Waals surface area contributed by atoms with Crippen molar-refractivity contribution < 1.29 is 0 Å². The third-order valence-electron chi connectivity index (χ3n) is 4.83. The van der Waals surface area contributed by atoms with Gasteiger partial charge in [0.2, 0.25) is 0 Å². The molecular formula is C17H29N. The molecule has 0 N–H and O–H groups in total. The smallest absolute Gasteiger partial charge is 0.0354 e. The predicted octanol–water partition coefficient (Wildman–Crippen LogP) is 4.61. The monoisotopic (exact) mass is 247 g/mol. The molecule has 102 valence electrons. The van der Waals surface area contributed by atoms with Crippen molar-refractivity contribution in [2.45, 2.75) is 59.9 Å². The van der Waals surface area contributed by atoms with E-state index < -0.39 is 0 Å². The van der Waals surface area contributed by atoms with Crippen molar-refractivity contribution in [3.05, 3.63) is 23.4 Å². The molecule has 0 bridgehead atoms. The predicted molar refractivity (Wildman–Crippen MR) is 79.4 cm³/mol. The molecule has 18 heavy (non-hydrogen) atoms. The number of likely N-dealkylation sites (tertiary alicyclic amines) is 1. The Morgan fingerprint density at radius 3 is 2.39 bits per heavy atom. The first-order valence-electron chi connectivity index (χ1n) is 7.68. The zero-order valence-corrected chi connectivity index (χ0v) is 12.7. The summed E-state index contributed by atoms with van der Waals surface area (Å²) in [5.74, 6) is 2.60. The van der Waals surface area contributed by atoms with Gasteiger partial charge in [0.05, 0.1) is 0 Å². The van der Waals surface area contributed by atoms with Gasteiger partial charge in [-0.2, -0.15) is 0 Å². The van der Waals surface area contributed by atoms with E-state index in [1.54, 1.807) is 5.57 Å². The fourth-order valence-corrected chi connectivity index (χ4v) is 3.76. The molecule has 1 aliphatic heterocycles. The van der Waals surface area contributed by atoms with E-state index in [9.17, 15) is 0 Å². The molecule has 1 aliphatic carbocycles. The lowest BCUT2D eigenvalue weighted by Gasteiger charge is -2.42. The van der Waals surface area contributed by atoms with Crippen molar-refractivity contribution in [3.8, 4) is 0 Å². The molecule has 1 nitrogen and oxygen atoms in total. The molecule has 1 saturated heterocycles. The second kappa shape index (κ2) is 5.50. The molecule has 2 unspecified atom stereocenters. The summed E-state index contributed by atoms with van der Waals surface area (Å²) in [6, 6.07) is 0.621. The summed E-state index contributed by atoms with van der Waals surface area (Å²) in [6.07, 6.45) is 8.92. The van der Waals surface area contributed by atoms with Gasteiger partial charge in [0.15, 0.2) is 0 Å². The molecule has 0 aromatic carbocycles. The van der Waals surface area contributed by atoms with Crippen LogP contribution in [0, 0.1) is 17.8 Å². The standard InChI is InChI=1S/C17H29N/c1-6-17-15(8-7-9-18(17)12(2)3)11-16-13(4)10-14(16)5/h6,11-14,16H,7-10H2,1-5H3/b15-11-,17-6?/t13-,14?,16?/m1/s1. The minimum Gasteiger partial charge on any atom is -0.369 e. The zero-order chi connectivity index (χ0) is 13.3. The van der Waals surface area contributed by atoms with Crippen LogP contribution < -0.4 is 0 Å². The first-order valence-corrected chi connectivity index (χ1v) is 7.68. The number of hydrogen-bond acceptors (Lipinski definition) is 1. The summed E-state index contributed by atoms with van der Waals surface area (Å²) in [4.78, 5) is 2.57. The van der Waals surface area contributed by atoms with Crippen LogP contribution in [0.4, 0.5) is 0 Å². The van der Waals surface area contributed by atoms with E-state index in [4.69, 9.17) is 0 Å². The molecule has 1 saturated carbocycles. The van der Waals surface area contributed by atoms with Gasteiger partial charge in [0, 0.05) is 18.3 Å². The molecule has 0 amide bonds. The topological polar surface area (TPSA) is 3.24 Å². The molecule has 1 heteroatoms. The van der Waals surface area contributed by atoms with Gasteiger partial charge in [0.1, 0.15) is 0 Å².